The van der Waals surface area contributed by atoms with E-state index in [-0.39, 0.29) is 22.6 Å². The number of nitrogens with two attached hydrogens (primary N) is 1. The molecule has 0 atom stereocenters. The molecule has 0 saturated carbocycles. The molecular formula is C23H27ClN8O3. The molecule has 184 valence electrons. The SMILES string of the molecule is CN1CCN(c2ccc(NCCNc3ccc(N(O)O)c(N)n3)nc2-c2ccc(Cl)cc2)C(=O)C1. The maximum Gasteiger partial charge on any atom is 0.241 e. The van der Waals surface area contributed by atoms with Crippen LogP contribution in [0.15, 0.2) is 48.5 Å². The van der Waals surface area contributed by atoms with Gasteiger partial charge in [-0.15, -0.1) is 5.23 Å². The van der Waals surface area contributed by atoms with E-state index in [0.717, 1.165) is 17.8 Å². The highest BCUT2D eigenvalue weighted by Crippen LogP contribution is 2.32. The molecule has 4 rings (SSSR count). The number of piperazine rings is 1. The summed E-state index contributed by atoms with van der Waals surface area (Å²) in [5, 5.41) is 25.1. The number of likely N-dealkylation sites (N-methyl/N-ethyl adjacent to an activating group) is 1. The van der Waals surface area contributed by atoms with E-state index in [1.54, 1.807) is 23.1 Å². The third kappa shape index (κ3) is 5.89. The van der Waals surface area contributed by atoms with E-state index < -0.39 is 0 Å². The first-order valence-electron chi connectivity index (χ1n) is 11.0. The molecule has 1 amide bonds. The van der Waals surface area contributed by atoms with E-state index in [1.165, 1.54) is 6.07 Å². The highest BCUT2D eigenvalue weighted by atomic mass is 35.5. The zero-order valence-electron chi connectivity index (χ0n) is 19.1. The quantitative estimate of drug-likeness (QED) is 0.232. The van der Waals surface area contributed by atoms with Crippen LogP contribution in [0.5, 0.6) is 0 Å². The number of nitrogens with one attached hydrogen (secondary N) is 2. The summed E-state index contributed by atoms with van der Waals surface area (Å²) in [5.74, 6) is 1.16. The molecule has 1 aliphatic heterocycles. The molecule has 0 radical (unpaired) electrons. The maximum absolute atomic E-state index is 12.7. The van der Waals surface area contributed by atoms with Crippen molar-refractivity contribution in [3.05, 3.63) is 53.6 Å². The summed E-state index contributed by atoms with van der Waals surface area (Å²) in [7, 11) is 1.93. The maximum atomic E-state index is 12.7. The van der Waals surface area contributed by atoms with Gasteiger partial charge in [0.25, 0.3) is 0 Å². The molecule has 0 bridgehead atoms. The second-order valence-corrected chi connectivity index (χ2v) is 8.53. The minimum Gasteiger partial charge on any atom is -0.382 e. The topological polar surface area (TPSA) is 143 Å². The van der Waals surface area contributed by atoms with Gasteiger partial charge in [-0.25, -0.2) is 9.97 Å². The lowest BCUT2D eigenvalue weighted by Gasteiger charge is -2.33. The molecule has 0 aliphatic carbocycles. The molecule has 11 nitrogen and oxygen atoms in total. The van der Waals surface area contributed by atoms with Gasteiger partial charge in [-0.2, -0.15) is 0 Å². The molecule has 3 heterocycles. The molecule has 1 aliphatic rings. The Morgan fingerprint density at radius 1 is 1.00 bits per heavy atom. The monoisotopic (exact) mass is 498 g/mol. The lowest BCUT2D eigenvalue weighted by molar-refractivity contribution is -0.120. The summed E-state index contributed by atoms with van der Waals surface area (Å²) in [6.07, 6.45) is 0. The molecule has 35 heavy (non-hydrogen) atoms. The van der Waals surface area contributed by atoms with Gasteiger partial charge in [-0.05, 0) is 43.4 Å². The van der Waals surface area contributed by atoms with Gasteiger partial charge >= 0.3 is 0 Å². The molecule has 1 fully saturated rings. The number of nitrogen functional groups attached to an aromatic ring is 1. The Morgan fingerprint density at radius 2 is 1.66 bits per heavy atom. The average molecular weight is 499 g/mol. The largest absolute Gasteiger partial charge is 0.382 e. The Hall–Kier alpha value is -3.64. The van der Waals surface area contributed by atoms with Crippen LogP contribution >= 0.6 is 11.6 Å². The number of rotatable bonds is 8. The van der Waals surface area contributed by atoms with Crippen molar-refractivity contribution in [2.75, 3.05) is 66.3 Å². The smallest absolute Gasteiger partial charge is 0.241 e. The first kappa shape index (κ1) is 24.5. The number of amides is 1. The van der Waals surface area contributed by atoms with Gasteiger partial charge in [0.1, 0.15) is 17.3 Å². The van der Waals surface area contributed by atoms with Crippen LogP contribution in [-0.2, 0) is 4.79 Å². The molecule has 1 saturated heterocycles. The van der Waals surface area contributed by atoms with Gasteiger partial charge in [0.2, 0.25) is 5.91 Å². The van der Waals surface area contributed by atoms with Crippen molar-refractivity contribution in [3.63, 3.8) is 0 Å². The van der Waals surface area contributed by atoms with Crippen molar-refractivity contribution >= 4 is 46.3 Å². The molecule has 0 spiro atoms. The Kier molecular flexibility index (Phi) is 7.51. The molecule has 0 unspecified atom stereocenters. The number of carbonyl (C=O) groups excluding carboxylic acids is 1. The van der Waals surface area contributed by atoms with Gasteiger partial charge in [-0.1, -0.05) is 23.7 Å². The number of carbonyl (C=O) groups is 1. The summed E-state index contributed by atoms with van der Waals surface area (Å²) in [6.45, 7) is 2.76. The van der Waals surface area contributed by atoms with Crippen LogP contribution in [0.2, 0.25) is 5.02 Å². The number of halogens is 1. The van der Waals surface area contributed by atoms with Gasteiger partial charge in [0.05, 0.1) is 17.9 Å². The Bertz CT molecular complexity index is 1190. The summed E-state index contributed by atoms with van der Waals surface area (Å²) in [4.78, 5) is 25.4. The number of hydrogen-bond acceptors (Lipinski definition) is 10. The van der Waals surface area contributed by atoms with E-state index in [0.29, 0.717) is 48.5 Å². The highest BCUT2D eigenvalue weighted by molar-refractivity contribution is 6.30. The van der Waals surface area contributed by atoms with E-state index in [9.17, 15) is 4.79 Å². The number of aromatic nitrogens is 2. The minimum absolute atomic E-state index is 0.00785. The lowest BCUT2D eigenvalue weighted by Crippen LogP contribution is -2.49. The zero-order valence-corrected chi connectivity index (χ0v) is 19.9. The van der Waals surface area contributed by atoms with Crippen molar-refractivity contribution in [2.45, 2.75) is 0 Å². The molecule has 12 heteroatoms. The third-order valence-electron chi connectivity index (χ3n) is 5.55. The van der Waals surface area contributed by atoms with Crippen LogP contribution in [0.1, 0.15) is 0 Å². The number of pyridine rings is 2. The second-order valence-electron chi connectivity index (χ2n) is 8.10. The van der Waals surface area contributed by atoms with Crippen LogP contribution in [0.3, 0.4) is 0 Å². The Morgan fingerprint density at radius 3 is 2.29 bits per heavy atom. The summed E-state index contributed by atoms with van der Waals surface area (Å²) >= 11 is 6.08. The highest BCUT2D eigenvalue weighted by Gasteiger charge is 2.26. The number of benzene rings is 1. The second kappa shape index (κ2) is 10.7. The van der Waals surface area contributed by atoms with Crippen molar-refractivity contribution in [1.82, 2.24) is 14.9 Å². The van der Waals surface area contributed by atoms with Crippen LogP contribution < -0.4 is 26.5 Å². The van der Waals surface area contributed by atoms with E-state index in [4.69, 9.17) is 32.7 Å². The Labute approximate surface area is 207 Å². The first-order valence-corrected chi connectivity index (χ1v) is 11.4. The predicted molar refractivity (Wildman–Crippen MR) is 136 cm³/mol. The normalized spacial score (nSPS) is 14.2. The van der Waals surface area contributed by atoms with Crippen molar-refractivity contribution in [2.24, 2.45) is 0 Å². The van der Waals surface area contributed by atoms with Crippen molar-refractivity contribution in [3.8, 4) is 11.3 Å². The van der Waals surface area contributed by atoms with Gasteiger partial charge in [0, 0.05) is 36.8 Å². The predicted octanol–water partition coefficient (Wildman–Crippen LogP) is 2.77. The fourth-order valence-corrected chi connectivity index (χ4v) is 3.88. The first-order chi connectivity index (χ1) is 16.8. The zero-order chi connectivity index (χ0) is 24.9. The average Bonchev–Trinajstić information content (AvgIpc) is 2.82. The van der Waals surface area contributed by atoms with E-state index in [1.807, 2.05) is 36.2 Å². The lowest BCUT2D eigenvalue weighted by atomic mass is 10.1. The van der Waals surface area contributed by atoms with Gasteiger partial charge < -0.3 is 21.3 Å². The Balaban J connectivity index is 1.47. The summed E-state index contributed by atoms with van der Waals surface area (Å²) < 4.78 is 0. The fourth-order valence-electron chi connectivity index (χ4n) is 3.75. The standard InChI is InChI=1S/C23H27ClN8O3/c1-30-12-13-31(21(33)14-30)17-6-8-19(28-22(17)15-2-4-16(24)5-3-15)26-10-11-27-20-9-7-18(32(34)35)23(25)29-20/h2-9,34-35H,10-14H2,1H3,(H,26,28)(H3,25,27,29). The van der Waals surface area contributed by atoms with Crippen molar-refractivity contribution < 1.29 is 15.2 Å². The molecule has 2 aromatic heterocycles. The summed E-state index contributed by atoms with van der Waals surface area (Å²) in [6, 6.07) is 14.2. The van der Waals surface area contributed by atoms with Crippen LogP contribution in [0, 0.1) is 0 Å². The van der Waals surface area contributed by atoms with Crippen LogP contribution in [0.4, 0.5) is 28.8 Å². The summed E-state index contributed by atoms with van der Waals surface area (Å²) in [5.41, 5.74) is 8.02. The van der Waals surface area contributed by atoms with Gasteiger partial charge in [0.15, 0.2) is 5.82 Å². The van der Waals surface area contributed by atoms with Crippen LogP contribution in [-0.4, -0.2) is 71.0 Å². The number of nitrogens with zero attached hydrogens (tertiary/aromatic N) is 5. The van der Waals surface area contributed by atoms with Gasteiger partial charge in [-0.3, -0.25) is 20.1 Å². The number of hydrogen-bond donors (Lipinski definition) is 5. The van der Waals surface area contributed by atoms with Crippen molar-refractivity contribution in [1.29, 1.82) is 0 Å². The molecule has 1 aromatic carbocycles. The van der Waals surface area contributed by atoms with E-state index in [2.05, 4.69) is 15.6 Å². The van der Waals surface area contributed by atoms with Crippen LogP contribution in [0.25, 0.3) is 11.3 Å². The molecular weight excluding hydrogens is 472 g/mol. The minimum atomic E-state index is -0.0724. The van der Waals surface area contributed by atoms with E-state index >= 15 is 0 Å². The third-order valence-corrected chi connectivity index (χ3v) is 5.80. The number of anilines is 5. The fraction of sp³-hybridized carbons (Fsp3) is 0.261. The molecule has 6 N–H and O–H groups in total. The molecule has 3 aromatic rings.